The lowest BCUT2D eigenvalue weighted by Gasteiger charge is -2.06. The van der Waals surface area contributed by atoms with Crippen LogP contribution in [-0.4, -0.2) is 18.0 Å². The summed E-state index contributed by atoms with van der Waals surface area (Å²) in [5, 5.41) is 6.90. The molecule has 0 saturated carbocycles. The Morgan fingerprint density at radius 3 is 2.52 bits per heavy atom. The second-order valence-electron chi connectivity index (χ2n) is 4.61. The summed E-state index contributed by atoms with van der Waals surface area (Å²) in [5.74, 6) is -1.70. The SMILES string of the molecule is Cc1ccccc1NC(=O)C(=O)N/N=C/c1cccc(Cl)c1Cl. The van der Waals surface area contributed by atoms with Crippen LogP contribution in [0.3, 0.4) is 0 Å². The van der Waals surface area contributed by atoms with E-state index in [-0.39, 0.29) is 0 Å². The average Bonchev–Trinajstić information content (AvgIpc) is 2.53. The van der Waals surface area contributed by atoms with Crippen molar-refractivity contribution in [2.45, 2.75) is 6.92 Å². The number of anilines is 1. The number of para-hydroxylation sites is 1. The third-order valence-corrected chi connectivity index (χ3v) is 3.78. The van der Waals surface area contributed by atoms with Gasteiger partial charge in [-0.15, -0.1) is 0 Å². The molecule has 0 aliphatic rings. The lowest BCUT2D eigenvalue weighted by atomic mass is 10.2. The van der Waals surface area contributed by atoms with Gasteiger partial charge in [0.25, 0.3) is 0 Å². The summed E-state index contributed by atoms with van der Waals surface area (Å²) in [4.78, 5) is 23.5. The van der Waals surface area contributed by atoms with E-state index in [0.29, 0.717) is 21.3 Å². The lowest BCUT2D eigenvalue weighted by Crippen LogP contribution is -2.32. The number of hydrogen-bond donors (Lipinski definition) is 2. The molecule has 2 amide bonds. The second-order valence-corrected chi connectivity index (χ2v) is 5.40. The number of carbonyl (C=O) groups excluding carboxylic acids is 2. The summed E-state index contributed by atoms with van der Waals surface area (Å²) < 4.78 is 0. The molecule has 0 aromatic heterocycles. The van der Waals surface area contributed by atoms with Crippen molar-refractivity contribution in [1.29, 1.82) is 0 Å². The lowest BCUT2D eigenvalue weighted by molar-refractivity contribution is -0.136. The van der Waals surface area contributed by atoms with Gasteiger partial charge in [-0.2, -0.15) is 5.10 Å². The molecule has 0 radical (unpaired) electrons. The summed E-state index contributed by atoms with van der Waals surface area (Å²) in [6.07, 6.45) is 1.31. The number of aryl methyl sites for hydroxylation is 1. The van der Waals surface area contributed by atoms with Crippen molar-refractivity contribution in [2.24, 2.45) is 5.10 Å². The minimum absolute atomic E-state index is 0.316. The number of benzene rings is 2. The number of nitrogens with one attached hydrogen (secondary N) is 2. The number of rotatable bonds is 3. The molecule has 0 aliphatic carbocycles. The molecule has 23 heavy (non-hydrogen) atoms. The van der Waals surface area contributed by atoms with Crippen LogP contribution in [-0.2, 0) is 9.59 Å². The maximum atomic E-state index is 11.8. The first-order chi connectivity index (χ1) is 11.0. The van der Waals surface area contributed by atoms with Crippen molar-refractivity contribution in [3.05, 3.63) is 63.6 Å². The monoisotopic (exact) mass is 349 g/mol. The average molecular weight is 350 g/mol. The Bertz CT molecular complexity index is 776. The largest absolute Gasteiger partial charge is 0.329 e. The van der Waals surface area contributed by atoms with Crippen molar-refractivity contribution >= 4 is 46.9 Å². The first kappa shape index (κ1) is 17.0. The fourth-order valence-corrected chi connectivity index (χ4v) is 2.08. The molecule has 0 aliphatic heterocycles. The van der Waals surface area contributed by atoms with E-state index in [2.05, 4.69) is 15.8 Å². The minimum Gasteiger partial charge on any atom is -0.317 e. The second kappa shape index (κ2) is 7.76. The molecule has 2 aromatic carbocycles. The van der Waals surface area contributed by atoms with E-state index in [0.717, 1.165) is 5.56 Å². The molecule has 118 valence electrons. The summed E-state index contributed by atoms with van der Waals surface area (Å²) in [7, 11) is 0. The Kier molecular flexibility index (Phi) is 5.73. The highest BCUT2D eigenvalue weighted by molar-refractivity contribution is 6.43. The highest BCUT2D eigenvalue weighted by Crippen LogP contribution is 2.24. The number of carbonyl (C=O) groups is 2. The highest BCUT2D eigenvalue weighted by Gasteiger charge is 2.13. The summed E-state index contributed by atoms with van der Waals surface area (Å²) >= 11 is 11.8. The summed E-state index contributed by atoms with van der Waals surface area (Å²) in [6, 6.07) is 12.1. The first-order valence-electron chi connectivity index (χ1n) is 6.63. The van der Waals surface area contributed by atoms with E-state index in [9.17, 15) is 9.59 Å². The van der Waals surface area contributed by atoms with Gasteiger partial charge in [0.15, 0.2) is 0 Å². The molecule has 5 nitrogen and oxygen atoms in total. The van der Waals surface area contributed by atoms with Crippen LogP contribution in [0.5, 0.6) is 0 Å². The van der Waals surface area contributed by atoms with E-state index in [4.69, 9.17) is 23.2 Å². The van der Waals surface area contributed by atoms with Gasteiger partial charge in [-0.05, 0) is 24.6 Å². The molecule has 2 rings (SSSR count). The molecule has 0 fully saturated rings. The van der Waals surface area contributed by atoms with Crippen LogP contribution in [0.4, 0.5) is 5.69 Å². The number of hydrogen-bond acceptors (Lipinski definition) is 3. The van der Waals surface area contributed by atoms with Gasteiger partial charge in [-0.1, -0.05) is 53.5 Å². The quantitative estimate of drug-likeness (QED) is 0.506. The van der Waals surface area contributed by atoms with E-state index < -0.39 is 11.8 Å². The molecule has 2 N–H and O–H groups in total. The topological polar surface area (TPSA) is 70.6 Å². The van der Waals surface area contributed by atoms with Gasteiger partial charge in [0.2, 0.25) is 0 Å². The Hall–Kier alpha value is -2.37. The third kappa shape index (κ3) is 4.55. The van der Waals surface area contributed by atoms with E-state index in [1.165, 1.54) is 6.21 Å². The van der Waals surface area contributed by atoms with Gasteiger partial charge >= 0.3 is 11.8 Å². The fraction of sp³-hybridized carbons (Fsp3) is 0.0625. The van der Waals surface area contributed by atoms with Crippen LogP contribution >= 0.6 is 23.2 Å². The smallest absolute Gasteiger partial charge is 0.317 e. The molecule has 0 unspecified atom stereocenters. The highest BCUT2D eigenvalue weighted by atomic mass is 35.5. The van der Waals surface area contributed by atoms with E-state index in [1.807, 2.05) is 19.1 Å². The zero-order chi connectivity index (χ0) is 16.8. The summed E-state index contributed by atoms with van der Waals surface area (Å²) in [6.45, 7) is 1.83. The maximum Gasteiger partial charge on any atom is 0.329 e. The Balaban J connectivity index is 1.96. The van der Waals surface area contributed by atoms with Crippen LogP contribution < -0.4 is 10.7 Å². The van der Waals surface area contributed by atoms with Crippen LogP contribution in [0.15, 0.2) is 47.6 Å². The van der Waals surface area contributed by atoms with Crippen molar-refractivity contribution in [1.82, 2.24) is 5.43 Å². The molecule has 0 heterocycles. The van der Waals surface area contributed by atoms with Crippen LogP contribution in [0.1, 0.15) is 11.1 Å². The minimum atomic E-state index is -0.886. The predicted molar refractivity (Wildman–Crippen MR) is 92.0 cm³/mol. The zero-order valence-electron chi connectivity index (χ0n) is 12.1. The first-order valence-corrected chi connectivity index (χ1v) is 7.38. The van der Waals surface area contributed by atoms with E-state index in [1.54, 1.807) is 30.3 Å². The van der Waals surface area contributed by atoms with Crippen LogP contribution in [0.25, 0.3) is 0 Å². The van der Waals surface area contributed by atoms with E-state index >= 15 is 0 Å². The van der Waals surface area contributed by atoms with Gasteiger partial charge in [0.05, 0.1) is 16.3 Å². The number of amides is 2. The van der Waals surface area contributed by atoms with Crippen molar-refractivity contribution in [3.63, 3.8) is 0 Å². The van der Waals surface area contributed by atoms with Gasteiger partial charge in [0, 0.05) is 11.3 Å². The molecule has 0 bridgehead atoms. The standard InChI is InChI=1S/C16H13Cl2N3O2/c1-10-5-2-3-8-13(10)20-15(22)16(23)21-19-9-11-6-4-7-12(17)14(11)18/h2-9H,1H3,(H,20,22)(H,21,23)/b19-9+. The van der Waals surface area contributed by atoms with Crippen LogP contribution in [0.2, 0.25) is 10.0 Å². The van der Waals surface area contributed by atoms with Gasteiger partial charge in [0.1, 0.15) is 0 Å². The summed E-state index contributed by atoms with van der Waals surface area (Å²) in [5.41, 5.74) is 4.07. The fourth-order valence-electron chi connectivity index (χ4n) is 1.72. The molecule has 0 spiro atoms. The van der Waals surface area contributed by atoms with Crippen molar-refractivity contribution in [3.8, 4) is 0 Å². The molecule has 7 heteroatoms. The molecule has 0 atom stereocenters. The Morgan fingerprint density at radius 2 is 1.78 bits per heavy atom. The van der Waals surface area contributed by atoms with Crippen LogP contribution in [0, 0.1) is 6.92 Å². The Morgan fingerprint density at radius 1 is 1.04 bits per heavy atom. The molecule has 2 aromatic rings. The number of halogens is 2. The van der Waals surface area contributed by atoms with Gasteiger partial charge < -0.3 is 5.32 Å². The van der Waals surface area contributed by atoms with Gasteiger partial charge in [-0.25, -0.2) is 5.43 Å². The third-order valence-electron chi connectivity index (χ3n) is 2.95. The number of hydrazone groups is 1. The predicted octanol–water partition coefficient (Wildman–Crippen LogP) is 3.39. The van der Waals surface area contributed by atoms with Crippen molar-refractivity contribution in [2.75, 3.05) is 5.32 Å². The Labute approximate surface area is 143 Å². The molecular formula is C16H13Cl2N3O2. The molecule has 0 saturated heterocycles. The zero-order valence-corrected chi connectivity index (χ0v) is 13.7. The maximum absolute atomic E-state index is 11.8. The number of nitrogens with zero attached hydrogens (tertiary/aromatic N) is 1. The van der Waals surface area contributed by atoms with Crippen molar-refractivity contribution < 1.29 is 9.59 Å². The normalized spacial score (nSPS) is 10.6. The van der Waals surface area contributed by atoms with Gasteiger partial charge in [-0.3, -0.25) is 9.59 Å². The molecular weight excluding hydrogens is 337 g/mol.